The number of rotatable bonds is 4. The van der Waals surface area contributed by atoms with Crippen molar-refractivity contribution in [3.63, 3.8) is 0 Å². The fraction of sp³-hybridized carbons (Fsp3) is 0.650. The normalized spacial score (nSPS) is 26.6. The standard InChI is InChI=1S/C20H27N5S/c26-20-24(14-23-13-3-5-15-4-1-2-6-18(15)23)22-19(25(20)17-7-8-17)16-9-11-21-12-10-16/h9-12,15,17-18H,1-8,13-14H2. The van der Waals surface area contributed by atoms with Crippen LogP contribution in [-0.4, -0.2) is 36.8 Å². The minimum Gasteiger partial charge on any atom is -0.297 e. The molecule has 0 spiro atoms. The number of pyridine rings is 1. The van der Waals surface area contributed by atoms with Crippen LogP contribution in [-0.2, 0) is 6.67 Å². The molecule has 2 aromatic rings. The monoisotopic (exact) mass is 369 g/mol. The molecule has 0 bridgehead atoms. The average Bonchev–Trinajstić information content (AvgIpc) is 3.47. The summed E-state index contributed by atoms with van der Waals surface area (Å²) in [6, 6.07) is 5.34. The Morgan fingerprint density at radius 2 is 1.77 bits per heavy atom. The number of hydrogen-bond donors (Lipinski definition) is 0. The van der Waals surface area contributed by atoms with Crippen molar-refractivity contribution < 1.29 is 0 Å². The summed E-state index contributed by atoms with van der Waals surface area (Å²) < 4.78 is 5.25. The first-order chi connectivity index (χ1) is 12.8. The van der Waals surface area contributed by atoms with E-state index in [1.807, 2.05) is 24.5 Å². The minimum atomic E-state index is 0.531. The Balaban J connectivity index is 1.47. The van der Waals surface area contributed by atoms with Crippen LogP contribution in [0.2, 0.25) is 0 Å². The highest BCUT2D eigenvalue weighted by Gasteiger charge is 2.34. The second-order valence-electron chi connectivity index (χ2n) is 8.15. The molecule has 2 aliphatic carbocycles. The van der Waals surface area contributed by atoms with E-state index in [4.69, 9.17) is 17.3 Å². The number of likely N-dealkylation sites (tertiary alicyclic amines) is 1. The van der Waals surface area contributed by atoms with Crippen molar-refractivity contribution in [2.24, 2.45) is 5.92 Å². The molecular formula is C20H27N5S. The zero-order valence-electron chi connectivity index (χ0n) is 15.3. The molecule has 138 valence electrons. The molecule has 3 heterocycles. The zero-order chi connectivity index (χ0) is 17.5. The van der Waals surface area contributed by atoms with Gasteiger partial charge in [0.05, 0.1) is 6.67 Å². The van der Waals surface area contributed by atoms with Crippen LogP contribution < -0.4 is 0 Å². The molecule has 0 aromatic carbocycles. The largest absolute Gasteiger partial charge is 0.297 e. The van der Waals surface area contributed by atoms with E-state index in [1.165, 1.54) is 57.9 Å². The lowest BCUT2D eigenvalue weighted by molar-refractivity contribution is 0.0323. The highest BCUT2D eigenvalue weighted by Crippen LogP contribution is 2.39. The first kappa shape index (κ1) is 16.6. The van der Waals surface area contributed by atoms with E-state index >= 15 is 0 Å². The molecule has 2 unspecified atom stereocenters. The van der Waals surface area contributed by atoms with Crippen molar-refractivity contribution in [1.82, 2.24) is 24.2 Å². The summed E-state index contributed by atoms with van der Waals surface area (Å²) in [6.07, 6.45) is 14.4. The Morgan fingerprint density at radius 1 is 1.00 bits per heavy atom. The molecule has 5 nitrogen and oxygen atoms in total. The molecule has 1 aliphatic heterocycles. The van der Waals surface area contributed by atoms with E-state index in [-0.39, 0.29) is 0 Å². The third kappa shape index (κ3) is 3.03. The third-order valence-corrected chi connectivity index (χ3v) is 6.80. The van der Waals surface area contributed by atoms with Gasteiger partial charge in [-0.25, -0.2) is 4.68 Å². The Hall–Kier alpha value is -1.53. The van der Waals surface area contributed by atoms with Gasteiger partial charge in [-0.05, 0) is 68.8 Å². The van der Waals surface area contributed by atoms with Crippen molar-refractivity contribution >= 4 is 12.2 Å². The van der Waals surface area contributed by atoms with Gasteiger partial charge in [-0.15, -0.1) is 0 Å². The number of aromatic nitrogens is 4. The van der Waals surface area contributed by atoms with E-state index in [2.05, 4.69) is 19.1 Å². The van der Waals surface area contributed by atoms with Crippen molar-refractivity contribution in [3.8, 4) is 11.4 Å². The summed E-state index contributed by atoms with van der Waals surface area (Å²) in [5.41, 5.74) is 1.12. The summed E-state index contributed by atoms with van der Waals surface area (Å²) in [5.74, 6) is 1.90. The van der Waals surface area contributed by atoms with Crippen LogP contribution in [0.5, 0.6) is 0 Å². The predicted molar refractivity (Wildman–Crippen MR) is 104 cm³/mol. The highest BCUT2D eigenvalue weighted by molar-refractivity contribution is 7.71. The molecule has 0 amide bonds. The molecular weight excluding hydrogens is 342 g/mol. The maximum atomic E-state index is 5.87. The van der Waals surface area contributed by atoms with Crippen molar-refractivity contribution in [1.29, 1.82) is 0 Å². The van der Waals surface area contributed by atoms with Crippen LogP contribution >= 0.6 is 12.2 Å². The van der Waals surface area contributed by atoms with Gasteiger partial charge >= 0.3 is 0 Å². The number of piperidine rings is 1. The number of hydrogen-bond acceptors (Lipinski definition) is 4. The van der Waals surface area contributed by atoms with Gasteiger partial charge in [0.1, 0.15) is 0 Å². The maximum Gasteiger partial charge on any atom is 0.199 e. The van der Waals surface area contributed by atoms with Crippen LogP contribution in [0.25, 0.3) is 11.4 Å². The fourth-order valence-corrected chi connectivity index (χ4v) is 5.28. The van der Waals surface area contributed by atoms with Gasteiger partial charge in [0, 0.05) is 36.6 Å². The Kier molecular flexibility index (Phi) is 4.41. The van der Waals surface area contributed by atoms with E-state index < -0.39 is 0 Å². The van der Waals surface area contributed by atoms with Crippen LogP contribution in [0.1, 0.15) is 57.4 Å². The number of fused-ring (bicyclic) bond motifs is 1. The summed E-state index contributed by atoms with van der Waals surface area (Å²) >= 11 is 5.87. The molecule has 3 aliphatic rings. The maximum absolute atomic E-state index is 5.87. The zero-order valence-corrected chi connectivity index (χ0v) is 16.1. The smallest absolute Gasteiger partial charge is 0.199 e. The topological polar surface area (TPSA) is 38.9 Å². The lowest BCUT2D eigenvalue weighted by Gasteiger charge is -2.43. The molecule has 5 rings (SSSR count). The van der Waals surface area contributed by atoms with Crippen LogP contribution in [0, 0.1) is 10.7 Å². The predicted octanol–water partition coefficient (Wildman–Crippen LogP) is 4.42. The minimum absolute atomic E-state index is 0.531. The summed E-state index contributed by atoms with van der Waals surface area (Å²) in [6.45, 7) is 2.03. The van der Waals surface area contributed by atoms with Gasteiger partial charge in [-0.1, -0.05) is 12.8 Å². The molecule has 2 aromatic heterocycles. The molecule has 1 saturated heterocycles. The van der Waals surface area contributed by atoms with Gasteiger partial charge in [-0.3, -0.25) is 14.5 Å². The third-order valence-electron chi connectivity index (χ3n) is 6.39. The number of nitrogens with zero attached hydrogens (tertiary/aromatic N) is 5. The lowest BCUT2D eigenvalue weighted by Crippen LogP contribution is -2.47. The summed E-state index contributed by atoms with van der Waals surface area (Å²) in [5, 5.41) is 4.98. The van der Waals surface area contributed by atoms with E-state index in [9.17, 15) is 0 Å². The first-order valence-electron chi connectivity index (χ1n) is 10.1. The molecule has 6 heteroatoms. The van der Waals surface area contributed by atoms with Crippen LogP contribution in [0.3, 0.4) is 0 Å². The lowest BCUT2D eigenvalue weighted by atomic mass is 9.78. The molecule has 0 N–H and O–H groups in total. The van der Waals surface area contributed by atoms with Gasteiger partial charge in [0.15, 0.2) is 10.6 Å². The van der Waals surface area contributed by atoms with Gasteiger partial charge in [0.2, 0.25) is 0 Å². The Bertz CT molecular complexity index is 820. The van der Waals surface area contributed by atoms with Crippen LogP contribution in [0.15, 0.2) is 24.5 Å². The van der Waals surface area contributed by atoms with E-state index in [0.29, 0.717) is 6.04 Å². The molecule has 0 radical (unpaired) electrons. The molecule has 2 saturated carbocycles. The van der Waals surface area contributed by atoms with Gasteiger partial charge < -0.3 is 0 Å². The fourth-order valence-electron chi connectivity index (χ4n) is 4.95. The van der Waals surface area contributed by atoms with E-state index in [1.54, 1.807) is 0 Å². The highest BCUT2D eigenvalue weighted by atomic mass is 32.1. The first-order valence-corrected chi connectivity index (χ1v) is 10.6. The summed E-state index contributed by atoms with van der Waals surface area (Å²) in [4.78, 5) is 6.81. The van der Waals surface area contributed by atoms with Crippen LogP contribution in [0.4, 0.5) is 0 Å². The van der Waals surface area contributed by atoms with Crippen molar-refractivity contribution in [2.75, 3.05) is 6.54 Å². The SMILES string of the molecule is S=c1n(CN2CCCC3CCCCC32)nc(-c2ccncc2)n1C1CC1. The second kappa shape index (κ2) is 6.89. The second-order valence-corrected chi connectivity index (χ2v) is 8.52. The summed E-state index contributed by atoms with van der Waals surface area (Å²) in [7, 11) is 0. The average molecular weight is 370 g/mol. The van der Waals surface area contributed by atoms with E-state index in [0.717, 1.165) is 34.8 Å². The molecule has 2 atom stereocenters. The van der Waals surface area contributed by atoms with Gasteiger partial charge in [-0.2, -0.15) is 5.10 Å². The van der Waals surface area contributed by atoms with Crippen molar-refractivity contribution in [3.05, 3.63) is 29.3 Å². The quantitative estimate of drug-likeness (QED) is 0.748. The Morgan fingerprint density at radius 3 is 2.58 bits per heavy atom. The van der Waals surface area contributed by atoms with Crippen molar-refractivity contribution in [2.45, 2.75) is 70.1 Å². The molecule has 3 fully saturated rings. The molecule has 26 heavy (non-hydrogen) atoms. The Labute approximate surface area is 160 Å². The van der Waals surface area contributed by atoms with Gasteiger partial charge in [0.25, 0.3) is 0 Å².